The van der Waals surface area contributed by atoms with Crippen LogP contribution in [0.4, 0.5) is 0 Å². The van der Waals surface area contributed by atoms with E-state index in [9.17, 15) is 8.42 Å². The molecule has 1 aliphatic heterocycles. The quantitative estimate of drug-likeness (QED) is 0.686. The van der Waals surface area contributed by atoms with Crippen molar-refractivity contribution in [1.29, 1.82) is 0 Å². The lowest BCUT2D eigenvalue weighted by Crippen LogP contribution is -2.31. The topological polar surface area (TPSA) is 58.2 Å². The summed E-state index contributed by atoms with van der Waals surface area (Å²) in [5.74, 6) is 0.265. The third kappa shape index (κ3) is 5.49. The minimum atomic E-state index is -3.01. The average Bonchev–Trinajstić information content (AvgIpc) is 2.67. The highest BCUT2D eigenvalue weighted by molar-refractivity contribution is 7.89. The van der Waals surface area contributed by atoms with Gasteiger partial charge in [0.15, 0.2) is 0 Å². The number of hydrogen-bond acceptors (Lipinski definition) is 3. The van der Waals surface area contributed by atoms with Crippen molar-refractivity contribution in [2.24, 2.45) is 0 Å². The van der Waals surface area contributed by atoms with Gasteiger partial charge >= 0.3 is 0 Å². The van der Waals surface area contributed by atoms with Crippen LogP contribution in [0.3, 0.4) is 0 Å². The molecule has 1 saturated heterocycles. The second kappa shape index (κ2) is 6.45. The fourth-order valence-corrected chi connectivity index (χ4v) is 3.04. The van der Waals surface area contributed by atoms with Gasteiger partial charge in [0.1, 0.15) is 0 Å². The number of sulfonamides is 1. The minimum absolute atomic E-state index is 0.265. The van der Waals surface area contributed by atoms with E-state index in [4.69, 9.17) is 0 Å². The predicted molar refractivity (Wildman–Crippen MR) is 62.3 cm³/mol. The number of nitrogens with one attached hydrogen (secondary N) is 2. The summed E-state index contributed by atoms with van der Waals surface area (Å²) < 4.78 is 25.5. The van der Waals surface area contributed by atoms with Gasteiger partial charge in [-0.2, -0.15) is 0 Å². The first-order valence-corrected chi connectivity index (χ1v) is 7.50. The third-order valence-corrected chi connectivity index (χ3v) is 4.21. The van der Waals surface area contributed by atoms with Gasteiger partial charge in [0.25, 0.3) is 0 Å². The molecule has 5 heteroatoms. The molecule has 0 unspecified atom stereocenters. The van der Waals surface area contributed by atoms with Crippen molar-refractivity contribution in [3.05, 3.63) is 0 Å². The Morgan fingerprint density at radius 3 is 2.87 bits per heavy atom. The lowest BCUT2D eigenvalue weighted by molar-refractivity contribution is 0.538. The summed E-state index contributed by atoms with van der Waals surface area (Å²) in [5, 5.41) is 3.35. The molecule has 1 fully saturated rings. The van der Waals surface area contributed by atoms with Gasteiger partial charge in [-0.15, -0.1) is 0 Å². The Labute approximate surface area is 92.9 Å². The molecule has 2 N–H and O–H groups in total. The van der Waals surface area contributed by atoms with Crippen LogP contribution in [0.2, 0.25) is 0 Å². The lowest BCUT2D eigenvalue weighted by Gasteiger charge is -2.10. The highest BCUT2D eigenvalue weighted by Crippen LogP contribution is 2.07. The molecule has 1 atom stereocenters. The normalized spacial score (nSPS) is 22.1. The summed E-state index contributed by atoms with van der Waals surface area (Å²) in [6, 6.07) is 0.513. The van der Waals surface area contributed by atoms with Gasteiger partial charge < -0.3 is 5.32 Å². The zero-order valence-corrected chi connectivity index (χ0v) is 10.3. The maximum atomic E-state index is 11.4. The largest absolute Gasteiger partial charge is 0.314 e. The number of hydrogen-bond donors (Lipinski definition) is 2. The minimum Gasteiger partial charge on any atom is -0.314 e. The van der Waals surface area contributed by atoms with Crippen molar-refractivity contribution in [2.45, 2.75) is 45.1 Å². The van der Waals surface area contributed by atoms with E-state index < -0.39 is 10.0 Å². The SMILES string of the molecule is CCCCS(=O)(=O)NCC[C@@H]1CCCN1. The predicted octanol–water partition coefficient (Wildman–Crippen LogP) is 0.848. The summed E-state index contributed by atoms with van der Waals surface area (Å²) in [5.41, 5.74) is 0. The van der Waals surface area contributed by atoms with Crippen LogP contribution in [0.25, 0.3) is 0 Å². The first-order valence-electron chi connectivity index (χ1n) is 5.85. The summed E-state index contributed by atoms with van der Waals surface area (Å²) in [4.78, 5) is 0. The van der Waals surface area contributed by atoms with E-state index >= 15 is 0 Å². The summed E-state index contributed by atoms with van der Waals surface area (Å²) >= 11 is 0. The van der Waals surface area contributed by atoms with E-state index in [-0.39, 0.29) is 5.75 Å². The Morgan fingerprint density at radius 1 is 1.47 bits per heavy atom. The van der Waals surface area contributed by atoms with Crippen LogP contribution in [0.1, 0.15) is 39.0 Å². The zero-order chi connectivity index (χ0) is 11.1. The van der Waals surface area contributed by atoms with Crippen LogP contribution >= 0.6 is 0 Å². The van der Waals surface area contributed by atoms with Gasteiger partial charge in [-0.25, -0.2) is 13.1 Å². The molecule has 4 nitrogen and oxygen atoms in total. The van der Waals surface area contributed by atoms with Crippen molar-refractivity contribution < 1.29 is 8.42 Å². The van der Waals surface area contributed by atoms with Crippen molar-refractivity contribution >= 4 is 10.0 Å². The molecule has 0 saturated carbocycles. The van der Waals surface area contributed by atoms with E-state index in [1.165, 1.54) is 12.8 Å². The molecule has 0 spiro atoms. The first kappa shape index (κ1) is 12.9. The van der Waals surface area contributed by atoms with Gasteiger partial charge in [0, 0.05) is 12.6 Å². The lowest BCUT2D eigenvalue weighted by atomic mass is 10.2. The maximum Gasteiger partial charge on any atom is 0.211 e. The van der Waals surface area contributed by atoms with Crippen LogP contribution in [-0.4, -0.2) is 33.3 Å². The van der Waals surface area contributed by atoms with Crippen LogP contribution in [-0.2, 0) is 10.0 Å². The maximum absolute atomic E-state index is 11.4. The second-order valence-corrected chi connectivity index (χ2v) is 6.08. The van der Waals surface area contributed by atoms with E-state index in [0.717, 1.165) is 25.8 Å². The number of unbranched alkanes of at least 4 members (excludes halogenated alkanes) is 1. The monoisotopic (exact) mass is 234 g/mol. The molecule has 0 aliphatic carbocycles. The molecule has 0 aromatic heterocycles. The van der Waals surface area contributed by atoms with Gasteiger partial charge in [-0.05, 0) is 32.2 Å². The van der Waals surface area contributed by atoms with Crippen molar-refractivity contribution in [3.8, 4) is 0 Å². The molecule has 0 aromatic rings. The third-order valence-electron chi connectivity index (χ3n) is 2.74. The smallest absolute Gasteiger partial charge is 0.211 e. The first-order chi connectivity index (χ1) is 7.14. The molecule has 90 valence electrons. The molecular weight excluding hydrogens is 212 g/mol. The molecule has 0 bridgehead atoms. The molecule has 1 rings (SSSR count). The van der Waals surface area contributed by atoms with Gasteiger partial charge in [0.2, 0.25) is 10.0 Å². The Balaban J connectivity index is 2.12. The van der Waals surface area contributed by atoms with E-state index in [2.05, 4.69) is 10.0 Å². The van der Waals surface area contributed by atoms with Crippen LogP contribution in [0.15, 0.2) is 0 Å². The molecular formula is C10H22N2O2S. The van der Waals surface area contributed by atoms with E-state index in [1.807, 2.05) is 6.92 Å². The molecule has 1 aliphatic rings. The summed E-state index contributed by atoms with van der Waals surface area (Å²) in [6.07, 6.45) is 4.97. The van der Waals surface area contributed by atoms with Crippen LogP contribution in [0.5, 0.6) is 0 Å². The standard InChI is InChI=1S/C10H22N2O2S/c1-2-3-9-15(13,14)12-8-6-10-5-4-7-11-10/h10-12H,2-9H2,1H3/t10-/m0/s1. The van der Waals surface area contributed by atoms with Crippen molar-refractivity contribution in [1.82, 2.24) is 10.0 Å². The van der Waals surface area contributed by atoms with E-state index in [1.54, 1.807) is 0 Å². The zero-order valence-electron chi connectivity index (χ0n) is 9.46. The Hall–Kier alpha value is -0.130. The van der Waals surface area contributed by atoms with Crippen LogP contribution in [0, 0.1) is 0 Å². The Morgan fingerprint density at radius 2 is 2.27 bits per heavy atom. The average molecular weight is 234 g/mol. The van der Waals surface area contributed by atoms with Crippen molar-refractivity contribution in [3.63, 3.8) is 0 Å². The van der Waals surface area contributed by atoms with Crippen LogP contribution < -0.4 is 10.0 Å². The fourth-order valence-electron chi connectivity index (χ4n) is 1.80. The molecule has 1 heterocycles. The molecule has 0 aromatic carbocycles. The fraction of sp³-hybridized carbons (Fsp3) is 1.00. The highest BCUT2D eigenvalue weighted by atomic mass is 32.2. The summed E-state index contributed by atoms with van der Waals surface area (Å²) in [6.45, 7) is 3.65. The second-order valence-electron chi connectivity index (χ2n) is 4.15. The van der Waals surface area contributed by atoms with Gasteiger partial charge in [-0.1, -0.05) is 13.3 Å². The molecule has 0 amide bonds. The van der Waals surface area contributed by atoms with Crippen molar-refractivity contribution in [2.75, 3.05) is 18.8 Å². The number of rotatable bonds is 7. The highest BCUT2D eigenvalue weighted by Gasteiger charge is 2.15. The molecule has 0 radical (unpaired) electrons. The Bertz CT molecular complexity index is 259. The molecule has 15 heavy (non-hydrogen) atoms. The van der Waals surface area contributed by atoms with Gasteiger partial charge in [-0.3, -0.25) is 0 Å². The van der Waals surface area contributed by atoms with E-state index in [0.29, 0.717) is 12.6 Å². The Kier molecular flexibility index (Phi) is 5.56. The summed E-state index contributed by atoms with van der Waals surface area (Å²) in [7, 11) is -3.01. The van der Waals surface area contributed by atoms with Gasteiger partial charge in [0.05, 0.1) is 5.75 Å².